The zero-order valence-electron chi connectivity index (χ0n) is 20.2. The molecule has 1 fully saturated rings. The first-order valence-electron chi connectivity index (χ1n) is 11.3. The predicted molar refractivity (Wildman–Crippen MR) is 143 cm³/mol. The minimum atomic E-state index is -0.135. The number of hydrogen-bond donors (Lipinski definition) is 1. The Balaban J connectivity index is 1.68. The number of thioether (sulfide) groups is 1. The van der Waals surface area contributed by atoms with E-state index in [1.54, 1.807) is 0 Å². The van der Waals surface area contributed by atoms with Gasteiger partial charge in [-0.2, -0.15) is 0 Å². The Labute approximate surface area is 206 Å². The molecule has 0 unspecified atom stereocenters. The average molecular weight is 481 g/mol. The lowest BCUT2D eigenvalue weighted by atomic mass is 9.79. The molecule has 6 heteroatoms. The summed E-state index contributed by atoms with van der Waals surface area (Å²) >= 11 is 6.42. The molecule has 0 radical (unpaired) electrons. The number of nitrogens with zero attached hydrogens (tertiary/aromatic N) is 1. The van der Waals surface area contributed by atoms with Crippen molar-refractivity contribution < 1.29 is 9.53 Å². The third-order valence-corrected chi connectivity index (χ3v) is 7.14. The van der Waals surface area contributed by atoms with E-state index in [0.717, 1.165) is 30.1 Å². The van der Waals surface area contributed by atoms with Crippen molar-refractivity contribution in [2.24, 2.45) is 0 Å². The second kappa shape index (κ2) is 8.80. The zero-order valence-corrected chi connectivity index (χ0v) is 21.9. The predicted octanol–water partition coefficient (Wildman–Crippen LogP) is 6.17. The molecule has 2 aromatic rings. The van der Waals surface area contributed by atoms with Gasteiger partial charge in [0.1, 0.15) is 16.7 Å². The molecule has 0 atom stereocenters. The number of rotatable bonds is 3. The van der Waals surface area contributed by atoms with E-state index in [1.165, 1.54) is 28.5 Å². The van der Waals surface area contributed by atoms with E-state index in [0.29, 0.717) is 15.8 Å². The molecule has 0 bridgehead atoms. The third-order valence-electron chi connectivity index (χ3n) is 5.98. The van der Waals surface area contributed by atoms with E-state index >= 15 is 0 Å². The highest BCUT2D eigenvalue weighted by Gasteiger charge is 2.25. The molecule has 0 saturated carbocycles. The minimum Gasteiger partial charge on any atom is -0.490 e. The SMILES string of the molecule is CC(C)(C)c1cc(CN2CCOc3ccc(C=C4SC(=S)NC4=O)cc32)cc(C(C)(C)C)c1. The molecule has 2 aromatic carbocycles. The van der Waals surface area contributed by atoms with Crippen LogP contribution in [0.2, 0.25) is 0 Å². The number of nitrogens with one attached hydrogen (secondary N) is 1. The molecule has 1 saturated heterocycles. The highest BCUT2D eigenvalue weighted by Crippen LogP contribution is 2.36. The number of benzene rings is 2. The number of anilines is 1. The second-order valence-electron chi connectivity index (χ2n) is 10.8. The van der Waals surface area contributed by atoms with E-state index < -0.39 is 0 Å². The first kappa shape index (κ1) is 23.8. The Hall–Kier alpha value is -2.31. The molecule has 4 rings (SSSR count). The summed E-state index contributed by atoms with van der Waals surface area (Å²) < 4.78 is 6.45. The fourth-order valence-corrected chi connectivity index (χ4v) is 5.03. The van der Waals surface area contributed by atoms with Crippen LogP contribution in [0.5, 0.6) is 5.75 Å². The molecule has 1 N–H and O–H groups in total. The monoisotopic (exact) mass is 480 g/mol. The Morgan fingerprint density at radius 2 is 1.73 bits per heavy atom. The van der Waals surface area contributed by atoms with Crippen molar-refractivity contribution in [2.75, 3.05) is 18.1 Å². The molecular weight excluding hydrogens is 448 g/mol. The van der Waals surface area contributed by atoms with E-state index in [1.807, 2.05) is 18.2 Å². The fourth-order valence-electron chi connectivity index (χ4n) is 3.99. The van der Waals surface area contributed by atoms with Gasteiger partial charge in [-0.05, 0) is 51.3 Å². The van der Waals surface area contributed by atoms with Crippen LogP contribution >= 0.6 is 24.0 Å². The summed E-state index contributed by atoms with van der Waals surface area (Å²) in [6.07, 6.45) is 1.89. The summed E-state index contributed by atoms with van der Waals surface area (Å²) in [7, 11) is 0. The second-order valence-corrected chi connectivity index (χ2v) is 12.5. The number of fused-ring (bicyclic) bond motifs is 1. The van der Waals surface area contributed by atoms with Crippen LogP contribution in [0.15, 0.2) is 41.3 Å². The van der Waals surface area contributed by atoms with Crippen LogP contribution in [0.4, 0.5) is 5.69 Å². The molecule has 174 valence electrons. The van der Waals surface area contributed by atoms with Gasteiger partial charge < -0.3 is 15.0 Å². The van der Waals surface area contributed by atoms with Gasteiger partial charge in [-0.3, -0.25) is 4.79 Å². The summed E-state index contributed by atoms with van der Waals surface area (Å²) in [4.78, 5) is 15.1. The molecule has 0 aliphatic carbocycles. The molecule has 2 aliphatic heterocycles. The number of carbonyl (C=O) groups excluding carboxylic acids is 1. The van der Waals surface area contributed by atoms with Gasteiger partial charge in [0.05, 0.1) is 17.1 Å². The quantitative estimate of drug-likeness (QED) is 0.420. The molecular formula is C27H32N2O2S2. The van der Waals surface area contributed by atoms with Crippen LogP contribution in [-0.2, 0) is 22.2 Å². The van der Waals surface area contributed by atoms with Crippen molar-refractivity contribution in [2.45, 2.75) is 58.9 Å². The van der Waals surface area contributed by atoms with Gasteiger partial charge in [0, 0.05) is 6.54 Å². The first-order valence-corrected chi connectivity index (χ1v) is 12.5. The van der Waals surface area contributed by atoms with Crippen molar-refractivity contribution in [1.82, 2.24) is 5.32 Å². The van der Waals surface area contributed by atoms with Crippen molar-refractivity contribution in [3.63, 3.8) is 0 Å². The van der Waals surface area contributed by atoms with Gasteiger partial charge in [0.2, 0.25) is 0 Å². The molecule has 33 heavy (non-hydrogen) atoms. The highest BCUT2D eigenvalue weighted by atomic mass is 32.2. The Morgan fingerprint density at radius 1 is 1.06 bits per heavy atom. The van der Waals surface area contributed by atoms with Crippen LogP contribution in [-0.4, -0.2) is 23.4 Å². The molecule has 4 nitrogen and oxygen atoms in total. The topological polar surface area (TPSA) is 41.6 Å². The molecule has 2 aliphatic rings. The maximum absolute atomic E-state index is 12.1. The first-order chi connectivity index (χ1) is 15.4. The van der Waals surface area contributed by atoms with Gasteiger partial charge >= 0.3 is 0 Å². The Kier molecular flexibility index (Phi) is 6.36. The van der Waals surface area contributed by atoms with Gasteiger partial charge in [0.15, 0.2) is 0 Å². The summed E-state index contributed by atoms with van der Waals surface area (Å²) in [6.45, 7) is 15.9. The molecule has 1 amide bonds. The van der Waals surface area contributed by atoms with Crippen molar-refractivity contribution in [3.8, 4) is 5.75 Å². The normalized spacial score (nSPS) is 17.8. The number of carbonyl (C=O) groups is 1. The Morgan fingerprint density at radius 3 is 2.30 bits per heavy atom. The van der Waals surface area contributed by atoms with Crippen LogP contribution in [0.3, 0.4) is 0 Å². The average Bonchev–Trinajstić information content (AvgIpc) is 3.03. The number of hydrogen-bond acceptors (Lipinski definition) is 5. The van der Waals surface area contributed by atoms with E-state index in [4.69, 9.17) is 17.0 Å². The highest BCUT2D eigenvalue weighted by molar-refractivity contribution is 8.26. The van der Waals surface area contributed by atoms with E-state index in [-0.39, 0.29) is 16.7 Å². The number of thiocarbonyl (C=S) groups is 1. The summed E-state index contributed by atoms with van der Waals surface area (Å²) in [6, 6.07) is 13.1. The standard InChI is InChI=1S/C27H32N2O2S2/c1-26(2,3)19-11-18(12-20(15-19)27(4,5)6)16-29-9-10-31-22-8-7-17(13-21(22)29)14-23-24(30)28-25(32)33-23/h7-8,11-15H,9-10,16H2,1-6H3,(H,28,30,32). The number of amides is 1. The van der Waals surface area contributed by atoms with Gasteiger partial charge in [-0.25, -0.2) is 0 Å². The van der Waals surface area contributed by atoms with Crippen LogP contribution in [0.1, 0.15) is 63.8 Å². The Bertz CT molecular complexity index is 1110. The molecule has 2 heterocycles. The zero-order chi connectivity index (χ0) is 24.0. The van der Waals surface area contributed by atoms with Crippen LogP contribution < -0.4 is 15.0 Å². The fraction of sp³-hybridized carbons (Fsp3) is 0.407. The van der Waals surface area contributed by atoms with Crippen molar-refractivity contribution in [3.05, 3.63) is 63.6 Å². The summed E-state index contributed by atoms with van der Waals surface area (Å²) in [5, 5.41) is 2.68. The van der Waals surface area contributed by atoms with Gasteiger partial charge in [-0.1, -0.05) is 89.8 Å². The lowest BCUT2D eigenvalue weighted by Gasteiger charge is -2.33. The van der Waals surface area contributed by atoms with Crippen LogP contribution in [0, 0.1) is 0 Å². The smallest absolute Gasteiger partial charge is 0.263 e. The third kappa shape index (κ3) is 5.44. The summed E-state index contributed by atoms with van der Waals surface area (Å²) in [5.74, 6) is 0.745. The lowest BCUT2D eigenvalue weighted by molar-refractivity contribution is -0.115. The van der Waals surface area contributed by atoms with Crippen molar-refractivity contribution in [1.29, 1.82) is 0 Å². The van der Waals surface area contributed by atoms with E-state index in [9.17, 15) is 4.79 Å². The summed E-state index contributed by atoms with van der Waals surface area (Å²) in [5.41, 5.74) is 6.20. The van der Waals surface area contributed by atoms with Crippen LogP contribution in [0.25, 0.3) is 6.08 Å². The van der Waals surface area contributed by atoms with Crippen molar-refractivity contribution >= 4 is 46.0 Å². The largest absolute Gasteiger partial charge is 0.490 e. The van der Waals surface area contributed by atoms with E-state index in [2.05, 4.69) is 76.0 Å². The lowest BCUT2D eigenvalue weighted by Crippen LogP contribution is -2.32. The van der Waals surface area contributed by atoms with Gasteiger partial charge in [0.25, 0.3) is 5.91 Å². The maximum Gasteiger partial charge on any atom is 0.263 e. The molecule has 0 aromatic heterocycles. The maximum atomic E-state index is 12.1. The minimum absolute atomic E-state index is 0.0817. The number of ether oxygens (including phenoxy) is 1. The molecule has 0 spiro atoms. The van der Waals surface area contributed by atoms with Gasteiger partial charge in [-0.15, -0.1) is 0 Å².